The SMILES string of the molecule is C[Si](C)(C)c1cccc(-c2cncc(-c3cccc(-c4ccc(-c5nc(-c6ccccc6)nc(-c6ccccc6)n5)cc4)c3)c2)c1. The van der Waals surface area contributed by atoms with E-state index in [0.29, 0.717) is 17.5 Å². The quantitative estimate of drug-likeness (QED) is 0.169. The molecule has 5 heteroatoms. The molecule has 0 radical (unpaired) electrons. The Labute approximate surface area is 271 Å². The van der Waals surface area contributed by atoms with Gasteiger partial charge in [0, 0.05) is 40.2 Å². The fraction of sp³-hybridized carbons (Fsp3) is 0.0732. The smallest absolute Gasteiger partial charge is 0.164 e. The zero-order valence-corrected chi connectivity index (χ0v) is 27.2. The molecule has 0 atom stereocenters. The van der Waals surface area contributed by atoms with Crippen molar-refractivity contribution in [3.05, 3.63) is 152 Å². The third-order valence-electron chi connectivity index (χ3n) is 8.17. The molecule has 222 valence electrons. The maximum atomic E-state index is 4.88. The normalized spacial score (nSPS) is 11.4. The van der Waals surface area contributed by atoms with Crippen LogP contribution in [0.25, 0.3) is 67.5 Å². The van der Waals surface area contributed by atoms with Crippen LogP contribution in [0.1, 0.15) is 0 Å². The Morgan fingerprint density at radius 2 is 0.739 bits per heavy atom. The molecule has 7 aromatic rings. The summed E-state index contributed by atoms with van der Waals surface area (Å²) in [6, 6.07) is 48.4. The molecule has 0 bridgehead atoms. The first kappa shape index (κ1) is 29.2. The fourth-order valence-corrected chi connectivity index (χ4v) is 6.73. The lowest BCUT2D eigenvalue weighted by Gasteiger charge is -2.17. The summed E-state index contributed by atoms with van der Waals surface area (Å²) in [4.78, 5) is 19.2. The molecular weight excluding hydrogens is 577 g/mol. The van der Waals surface area contributed by atoms with E-state index in [9.17, 15) is 0 Å². The number of pyridine rings is 1. The first-order chi connectivity index (χ1) is 22.4. The van der Waals surface area contributed by atoms with Crippen LogP contribution in [0, 0.1) is 0 Å². The Morgan fingerprint density at radius 3 is 1.26 bits per heavy atom. The molecule has 2 heterocycles. The summed E-state index contributed by atoms with van der Waals surface area (Å²) in [5.74, 6) is 1.96. The molecule has 2 aromatic heterocycles. The zero-order chi connectivity index (χ0) is 31.5. The van der Waals surface area contributed by atoms with Crippen LogP contribution >= 0.6 is 0 Å². The highest BCUT2D eigenvalue weighted by Gasteiger charge is 2.17. The predicted molar refractivity (Wildman–Crippen MR) is 193 cm³/mol. The van der Waals surface area contributed by atoms with Gasteiger partial charge < -0.3 is 0 Å². The fourth-order valence-electron chi connectivity index (χ4n) is 5.55. The molecule has 0 unspecified atom stereocenters. The lowest BCUT2D eigenvalue weighted by atomic mass is 9.97. The van der Waals surface area contributed by atoms with Crippen LogP contribution < -0.4 is 5.19 Å². The van der Waals surface area contributed by atoms with Gasteiger partial charge in [-0.1, -0.05) is 152 Å². The van der Waals surface area contributed by atoms with E-state index in [1.807, 2.05) is 73.1 Å². The van der Waals surface area contributed by atoms with Crippen molar-refractivity contribution in [2.24, 2.45) is 0 Å². The van der Waals surface area contributed by atoms with Crippen LogP contribution in [0.15, 0.2) is 152 Å². The molecule has 0 spiro atoms. The minimum Gasteiger partial charge on any atom is -0.263 e. The van der Waals surface area contributed by atoms with Gasteiger partial charge >= 0.3 is 0 Å². The van der Waals surface area contributed by atoms with Crippen LogP contribution in [-0.4, -0.2) is 28.0 Å². The van der Waals surface area contributed by atoms with E-state index in [1.54, 1.807) is 0 Å². The highest BCUT2D eigenvalue weighted by Crippen LogP contribution is 2.31. The van der Waals surface area contributed by atoms with Gasteiger partial charge in [0.1, 0.15) is 0 Å². The molecule has 0 fully saturated rings. The standard InChI is InChI=1S/C41H34N4Si/c1-46(2,3)38-19-11-18-35(26-38)37-25-36(27-42-28-37)34-17-10-16-33(24-34)29-20-22-32(23-21-29)41-44-39(30-12-6-4-7-13-30)43-40(45-41)31-14-8-5-9-15-31/h4-28H,1-3H3. The van der Waals surface area contributed by atoms with Crippen molar-refractivity contribution in [3.8, 4) is 67.5 Å². The summed E-state index contributed by atoms with van der Waals surface area (Å²) >= 11 is 0. The summed E-state index contributed by atoms with van der Waals surface area (Å²) in [6.07, 6.45) is 3.91. The van der Waals surface area contributed by atoms with Crippen molar-refractivity contribution in [1.82, 2.24) is 19.9 Å². The van der Waals surface area contributed by atoms with Crippen molar-refractivity contribution >= 4 is 13.3 Å². The van der Waals surface area contributed by atoms with Crippen LogP contribution in [0.5, 0.6) is 0 Å². The number of aromatic nitrogens is 4. The van der Waals surface area contributed by atoms with E-state index in [2.05, 4.69) is 103 Å². The van der Waals surface area contributed by atoms with Gasteiger partial charge in [0.2, 0.25) is 0 Å². The third-order valence-corrected chi connectivity index (χ3v) is 10.2. The summed E-state index contributed by atoms with van der Waals surface area (Å²) in [5, 5.41) is 1.45. The Bertz CT molecular complexity index is 2060. The largest absolute Gasteiger partial charge is 0.263 e. The second kappa shape index (κ2) is 12.5. The minimum atomic E-state index is -1.41. The van der Waals surface area contributed by atoms with Crippen molar-refractivity contribution in [2.45, 2.75) is 19.6 Å². The maximum absolute atomic E-state index is 4.88. The molecule has 7 rings (SSSR count). The van der Waals surface area contributed by atoms with Crippen LogP contribution in [-0.2, 0) is 0 Å². The number of hydrogen-bond acceptors (Lipinski definition) is 4. The lowest BCUT2D eigenvalue weighted by Crippen LogP contribution is -2.37. The Balaban J connectivity index is 1.20. The summed E-state index contributed by atoms with van der Waals surface area (Å²) < 4.78 is 0. The van der Waals surface area contributed by atoms with Gasteiger partial charge in [0.05, 0.1) is 8.07 Å². The molecule has 5 aromatic carbocycles. The average molecular weight is 611 g/mol. The first-order valence-corrected chi connectivity index (χ1v) is 19.0. The number of rotatable bonds is 7. The van der Waals surface area contributed by atoms with Crippen molar-refractivity contribution in [3.63, 3.8) is 0 Å². The number of hydrogen-bond donors (Lipinski definition) is 0. The third kappa shape index (κ3) is 6.32. The summed E-state index contributed by atoms with van der Waals surface area (Å²) in [5.41, 5.74) is 9.70. The van der Waals surface area contributed by atoms with Crippen LogP contribution in [0.4, 0.5) is 0 Å². The Morgan fingerprint density at radius 1 is 0.348 bits per heavy atom. The average Bonchev–Trinajstić information content (AvgIpc) is 3.12. The van der Waals surface area contributed by atoms with Gasteiger partial charge in [0.15, 0.2) is 17.5 Å². The van der Waals surface area contributed by atoms with Gasteiger partial charge in [-0.2, -0.15) is 0 Å². The minimum absolute atomic E-state index is 0.647. The number of nitrogens with zero attached hydrogens (tertiary/aromatic N) is 4. The second-order valence-corrected chi connectivity index (χ2v) is 17.6. The van der Waals surface area contributed by atoms with Crippen molar-refractivity contribution in [2.75, 3.05) is 0 Å². The second-order valence-electron chi connectivity index (χ2n) is 12.5. The first-order valence-electron chi connectivity index (χ1n) is 15.5. The van der Waals surface area contributed by atoms with E-state index in [0.717, 1.165) is 44.5 Å². The summed E-state index contributed by atoms with van der Waals surface area (Å²) in [7, 11) is -1.41. The summed E-state index contributed by atoms with van der Waals surface area (Å²) in [6.45, 7) is 7.15. The van der Waals surface area contributed by atoms with Crippen molar-refractivity contribution < 1.29 is 0 Å². The van der Waals surface area contributed by atoms with Crippen molar-refractivity contribution in [1.29, 1.82) is 0 Å². The van der Waals surface area contributed by atoms with Gasteiger partial charge in [-0.05, 0) is 34.4 Å². The zero-order valence-electron chi connectivity index (χ0n) is 26.2. The van der Waals surface area contributed by atoms with Crippen LogP contribution in [0.2, 0.25) is 19.6 Å². The molecule has 0 aliphatic carbocycles. The van der Waals surface area contributed by atoms with Gasteiger partial charge in [-0.3, -0.25) is 4.98 Å². The molecule has 4 nitrogen and oxygen atoms in total. The van der Waals surface area contributed by atoms with E-state index in [-0.39, 0.29) is 0 Å². The molecule has 0 N–H and O–H groups in total. The molecular formula is C41H34N4Si. The van der Waals surface area contributed by atoms with E-state index in [1.165, 1.54) is 10.8 Å². The van der Waals surface area contributed by atoms with E-state index >= 15 is 0 Å². The van der Waals surface area contributed by atoms with E-state index in [4.69, 9.17) is 15.0 Å². The van der Waals surface area contributed by atoms with E-state index < -0.39 is 8.07 Å². The molecule has 0 aliphatic heterocycles. The Hall–Kier alpha value is -5.52. The lowest BCUT2D eigenvalue weighted by molar-refractivity contribution is 1.07. The molecule has 0 amide bonds. The highest BCUT2D eigenvalue weighted by atomic mass is 28.3. The monoisotopic (exact) mass is 610 g/mol. The molecule has 46 heavy (non-hydrogen) atoms. The Kier molecular flexibility index (Phi) is 7.91. The van der Waals surface area contributed by atoms with Crippen LogP contribution in [0.3, 0.4) is 0 Å². The number of benzene rings is 5. The van der Waals surface area contributed by atoms with Gasteiger partial charge in [0.25, 0.3) is 0 Å². The molecule has 0 saturated carbocycles. The molecule has 0 aliphatic rings. The highest BCUT2D eigenvalue weighted by molar-refractivity contribution is 6.88. The predicted octanol–water partition coefficient (Wildman–Crippen LogP) is 9.81. The van der Waals surface area contributed by atoms with Gasteiger partial charge in [-0.15, -0.1) is 0 Å². The topological polar surface area (TPSA) is 51.6 Å². The maximum Gasteiger partial charge on any atom is 0.164 e. The molecule has 0 saturated heterocycles. The van der Waals surface area contributed by atoms with Gasteiger partial charge in [-0.25, -0.2) is 15.0 Å².